The van der Waals surface area contributed by atoms with Crippen LogP contribution in [0.3, 0.4) is 0 Å². The first-order valence-electron chi connectivity index (χ1n) is 13.5. The van der Waals surface area contributed by atoms with Crippen molar-refractivity contribution in [1.29, 1.82) is 0 Å². The van der Waals surface area contributed by atoms with E-state index in [1.54, 1.807) is 0 Å². The van der Waals surface area contributed by atoms with Crippen molar-refractivity contribution in [2.45, 2.75) is 49.3 Å². The molecule has 13 nitrogen and oxygen atoms in total. The van der Waals surface area contributed by atoms with Crippen LogP contribution in [0.4, 0.5) is 13.6 Å². The molecule has 1 unspecified atom stereocenters. The molecule has 5 rings (SSSR count). The maximum absolute atomic E-state index is 13.8. The second-order valence-corrected chi connectivity index (χ2v) is 12.5. The number of benzene rings is 2. The lowest BCUT2D eigenvalue weighted by atomic mass is 9.59. The Morgan fingerprint density at radius 1 is 0.867 bits per heavy atom. The lowest BCUT2D eigenvalue weighted by Gasteiger charge is -2.56. The third-order valence-electron chi connectivity index (χ3n) is 7.41. The summed E-state index contributed by atoms with van der Waals surface area (Å²) in [5.74, 6) is -2.40. The second kappa shape index (κ2) is 14.5. The number of ether oxygens (including phenoxy) is 4. The van der Waals surface area contributed by atoms with Gasteiger partial charge in [0.15, 0.2) is 13.2 Å². The molecule has 3 saturated carbocycles. The first-order chi connectivity index (χ1) is 21.2. The van der Waals surface area contributed by atoms with Gasteiger partial charge in [-0.15, -0.1) is 0 Å². The van der Waals surface area contributed by atoms with E-state index in [4.69, 9.17) is 51.9 Å². The molecule has 3 aliphatic carbocycles. The SMILES string of the molecule is O=C(COc1ccc(Cl)c(F)c1)NC12CCC(NC(=O)COc3ccc(Cl)c(F)c3)(CC1)C(OC(=O)OCCOP(=O)(O)O)C2. The summed E-state index contributed by atoms with van der Waals surface area (Å²) in [4.78, 5) is 55.9. The topological polar surface area (TPSA) is 179 Å². The van der Waals surface area contributed by atoms with E-state index in [9.17, 15) is 27.7 Å². The van der Waals surface area contributed by atoms with Gasteiger partial charge in [0.1, 0.15) is 35.8 Å². The summed E-state index contributed by atoms with van der Waals surface area (Å²) in [7, 11) is -4.78. The van der Waals surface area contributed by atoms with E-state index in [0.717, 1.165) is 12.1 Å². The number of rotatable bonds is 13. The summed E-state index contributed by atoms with van der Waals surface area (Å²) >= 11 is 11.3. The monoisotopic (exact) mass is 696 g/mol. The molecule has 0 aromatic heterocycles. The van der Waals surface area contributed by atoms with Gasteiger partial charge in [-0.3, -0.25) is 14.1 Å². The third-order valence-corrected chi connectivity index (χ3v) is 8.54. The Labute approximate surface area is 265 Å². The molecule has 2 aromatic carbocycles. The molecule has 2 aromatic rings. The van der Waals surface area contributed by atoms with Crippen molar-refractivity contribution in [3.05, 3.63) is 58.1 Å². The zero-order valence-corrected chi connectivity index (χ0v) is 25.8. The minimum absolute atomic E-state index is 0.0614. The average Bonchev–Trinajstić information content (AvgIpc) is 2.97. The van der Waals surface area contributed by atoms with Crippen LogP contribution < -0.4 is 20.1 Å². The fourth-order valence-electron chi connectivity index (χ4n) is 5.29. The summed E-state index contributed by atoms with van der Waals surface area (Å²) < 4.78 is 63.8. The highest BCUT2D eigenvalue weighted by Crippen LogP contribution is 2.48. The highest BCUT2D eigenvalue weighted by atomic mass is 35.5. The van der Waals surface area contributed by atoms with E-state index in [0.29, 0.717) is 12.8 Å². The van der Waals surface area contributed by atoms with Gasteiger partial charge >= 0.3 is 14.0 Å². The molecule has 0 spiro atoms. The number of hydrogen-bond acceptors (Lipinski definition) is 9. The van der Waals surface area contributed by atoms with Gasteiger partial charge in [0.25, 0.3) is 11.8 Å². The van der Waals surface area contributed by atoms with Crippen LogP contribution in [0, 0.1) is 11.6 Å². The molecule has 45 heavy (non-hydrogen) atoms. The number of carbonyl (C=O) groups excluding carboxylic acids is 3. The number of hydrogen-bond donors (Lipinski definition) is 4. The van der Waals surface area contributed by atoms with Crippen molar-refractivity contribution < 1.29 is 61.0 Å². The van der Waals surface area contributed by atoms with Crippen molar-refractivity contribution in [3.63, 3.8) is 0 Å². The van der Waals surface area contributed by atoms with Crippen molar-refractivity contribution in [2.24, 2.45) is 0 Å². The van der Waals surface area contributed by atoms with Crippen LogP contribution in [0.1, 0.15) is 32.1 Å². The fourth-order valence-corrected chi connectivity index (χ4v) is 5.84. The lowest BCUT2D eigenvalue weighted by Crippen LogP contribution is -2.71. The molecule has 2 amide bonds. The van der Waals surface area contributed by atoms with E-state index in [1.807, 2.05) is 0 Å². The van der Waals surface area contributed by atoms with Crippen LogP contribution in [0.5, 0.6) is 11.5 Å². The Morgan fingerprint density at radius 3 is 1.91 bits per heavy atom. The van der Waals surface area contributed by atoms with E-state index in [2.05, 4.69) is 15.2 Å². The summed E-state index contributed by atoms with van der Waals surface area (Å²) in [5.41, 5.74) is -1.94. The van der Waals surface area contributed by atoms with Crippen LogP contribution in [-0.2, 0) is 28.2 Å². The van der Waals surface area contributed by atoms with Crippen LogP contribution in [0.15, 0.2) is 36.4 Å². The number of fused-ring (bicyclic) bond motifs is 3. The number of halogens is 4. The number of carbonyl (C=O) groups is 3. The molecule has 0 saturated heterocycles. The maximum atomic E-state index is 13.8. The minimum Gasteiger partial charge on any atom is -0.484 e. The third kappa shape index (κ3) is 9.65. The van der Waals surface area contributed by atoms with E-state index >= 15 is 0 Å². The Morgan fingerprint density at radius 2 is 1.40 bits per heavy atom. The summed E-state index contributed by atoms with van der Waals surface area (Å²) in [5, 5.41) is 5.55. The Hall–Kier alpha value is -3.20. The van der Waals surface area contributed by atoms with Gasteiger partial charge in [0.05, 0.1) is 22.2 Å². The van der Waals surface area contributed by atoms with Gasteiger partial charge < -0.3 is 39.4 Å². The standard InChI is InChI=1S/C27H29Cl2F2N2O11P/c28-18-3-1-16(11-20(18)30)41-14-23(34)32-26-5-7-27(8-6-26,22(13-26)44-25(36)40-9-10-43-45(37,38)39)33-24(35)15-42-17-2-4-19(29)21(31)12-17/h1-4,11-12,22H,5-10,13-15H2,(H,32,34)(H,33,35)(H2,37,38,39). The predicted molar refractivity (Wildman–Crippen MR) is 153 cm³/mol. The first-order valence-corrected chi connectivity index (χ1v) is 15.8. The van der Waals surface area contributed by atoms with Gasteiger partial charge in [0.2, 0.25) is 0 Å². The van der Waals surface area contributed by atoms with E-state index < -0.39 is 81.0 Å². The number of amides is 2. The molecule has 2 bridgehead atoms. The largest absolute Gasteiger partial charge is 0.508 e. The molecule has 0 radical (unpaired) electrons. The van der Waals surface area contributed by atoms with Crippen LogP contribution in [0.2, 0.25) is 10.0 Å². The van der Waals surface area contributed by atoms with Gasteiger partial charge in [-0.2, -0.15) is 0 Å². The van der Waals surface area contributed by atoms with Crippen molar-refractivity contribution in [1.82, 2.24) is 10.6 Å². The highest BCUT2D eigenvalue weighted by molar-refractivity contribution is 7.46. The van der Waals surface area contributed by atoms with Crippen LogP contribution in [-0.4, -0.2) is 71.4 Å². The number of phosphoric ester groups is 1. The lowest BCUT2D eigenvalue weighted by molar-refractivity contribution is -0.139. The van der Waals surface area contributed by atoms with E-state index in [1.165, 1.54) is 24.3 Å². The summed E-state index contributed by atoms with van der Waals surface area (Å²) in [6.07, 6.45) is -0.872. The summed E-state index contributed by atoms with van der Waals surface area (Å²) in [6, 6.07) is 7.43. The summed E-state index contributed by atoms with van der Waals surface area (Å²) in [6.45, 7) is -2.08. The molecule has 3 fully saturated rings. The molecule has 0 heterocycles. The Balaban J connectivity index is 1.40. The molecular weight excluding hydrogens is 668 g/mol. The molecule has 246 valence electrons. The molecule has 3 aliphatic rings. The van der Waals surface area contributed by atoms with E-state index in [-0.39, 0.29) is 40.8 Å². The average molecular weight is 697 g/mol. The van der Waals surface area contributed by atoms with Crippen molar-refractivity contribution >= 4 is 49.0 Å². The minimum atomic E-state index is -4.78. The smallest absolute Gasteiger partial charge is 0.484 e. The van der Waals surface area contributed by atoms with Gasteiger partial charge in [0, 0.05) is 24.1 Å². The molecule has 0 aliphatic heterocycles. The fraction of sp³-hybridized carbons (Fsp3) is 0.444. The number of phosphoric acid groups is 1. The quantitative estimate of drug-likeness (QED) is 0.135. The van der Waals surface area contributed by atoms with Crippen molar-refractivity contribution in [2.75, 3.05) is 26.4 Å². The Kier molecular flexibility index (Phi) is 11.2. The first kappa shape index (κ1) is 34.7. The Bertz CT molecular complexity index is 1470. The zero-order chi connectivity index (χ0) is 32.8. The van der Waals surface area contributed by atoms with Gasteiger partial charge in [-0.05, 0) is 49.9 Å². The van der Waals surface area contributed by atoms with Gasteiger partial charge in [-0.1, -0.05) is 23.2 Å². The predicted octanol–water partition coefficient (Wildman–Crippen LogP) is 4.05. The maximum Gasteiger partial charge on any atom is 0.508 e. The molecular formula is C27H29Cl2F2N2O11P. The normalized spacial score (nSPS) is 22.3. The van der Waals surface area contributed by atoms with Crippen LogP contribution in [0.25, 0.3) is 0 Å². The highest BCUT2D eigenvalue weighted by Gasteiger charge is 2.57. The van der Waals surface area contributed by atoms with Crippen molar-refractivity contribution in [3.8, 4) is 11.5 Å². The molecule has 4 N–H and O–H groups in total. The zero-order valence-electron chi connectivity index (χ0n) is 23.4. The molecule has 18 heteroatoms. The van der Waals surface area contributed by atoms with Gasteiger partial charge in [-0.25, -0.2) is 18.1 Å². The second-order valence-electron chi connectivity index (χ2n) is 10.5. The van der Waals surface area contributed by atoms with Crippen LogP contribution >= 0.6 is 31.0 Å². The number of nitrogens with one attached hydrogen (secondary N) is 2. The molecule has 1 atom stereocenters.